The second-order valence-corrected chi connectivity index (χ2v) is 5.21. The van der Waals surface area contributed by atoms with Crippen molar-refractivity contribution in [3.63, 3.8) is 0 Å². The fourth-order valence-corrected chi connectivity index (χ4v) is 2.46. The van der Waals surface area contributed by atoms with E-state index in [4.69, 9.17) is 11.5 Å². The van der Waals surface area contributed by atoms with Crippen LogP contribution in [0.25, 0.3) is 0 Å². The first kappa shape index (κ1) is 14.4. The van der Waals surface area contributed by atoms with Gasteiger partial charge in [0, 0.05) is 18.8 Å². The van der Waals surface area contributed by atoms with Crippen LogP contribution in [0.15, 0.2) is 29.4 Å². The lowest BCUT2D eigenvalue weighted by atomic mass is 10.1. The van der Waals surface area contributed by atoms with Gasteiger partial charge in [-0.1, -0.05) is 25.0 Å². The second kappa shape index (κ2) is 6.93. The van der Waals surface area contributed by atoms with Gasteiger partial charge in [-0.15, -0.1) is 5.10 Å². The Morgan fingerprint density at radius 1 is 1.05 bits per heavy atom. The summed E-state index contributed by atoms with van der Waals surface area (Å²) in [5.41, 5.74) is 13.9. The molecule has 0 spiro atoms. The Morgan fingerprint density at radius 3 is 2.20 bits per heavy atom. The van der Waals surface area contributed by atoms with Gasteiger partial charge in [0.1, 0.15) is 0 Å². The molecule has 5 nitrogen and oxygen atoms in total. The molecule has 0 atom stereocenters. The van der Waals surface area contributed by atoms with Gasteiger partial charge in [0.15, 0.2) is 0 Å². The van der Waals surface area contributed by atoms with E-state index in [0.29, 0.717) is 0 Å². The Bertz CT molecular complexity index is 477. The Labute approximate surface area is 120 Å². The summed E-state index contributed by atoms with van der Waals surface area (Å²) in [5.74, 6) is 0.102. The molecule has 1 aliphatic heterocycles. The van der Waals surface area contributed by atoms with Crippen LogP contribution in [0.3, 0.4) is 0 Å². The highest BCUT2D eigenvalue weighted by atomic mass is 15.3. The standard InChI is InChI=1S/C15H23N5/c1-12(18-19-15(16)17)13-6-8-14(9-7-13)20-10-4-2-3-5-11-20/h6-9H,2-5,10-11H2,1H3,(H4,16,17,19)/p+1/b18-12-. The van der Waals surface area contributed by atoms with Crippen LogP contribution >= 0.6 is 0 Å². The lowest BCUT2D eigenvalue weighted by molar-refractivity contribution is -0.464. The summed E-state index contributed by atoms with van der Waals surface area (Å²) < 4.78 is 0. The molecule has 1 saturated heterocycles. The molecule has 0 bridgehead atoms. The Balaban J connectivity index is 2.09. The second-order valence-electron chi connectivity index (χ2n) is 5.21. The van der Waals surface area contributed by atoms with Crippen molar-refractivity contribution in [1.82, 2.24) is 0 Å². The smallest absolute Gasteiger partial charge is 0.362 e. The van der Waals surface area contributed by atoms with Crippen LogP contribution in [0, 0.1) is 0 Å². The van der Waals surface area contributed by atoms with Crippen LogP contribution in [0.2, 0.25) is 0 Å². The van der Waals surface area contributed by atoms with Crippen molar-refractivity contribution < 1.29 is 5.10 Å². The molecule has 0 amide bonds. The van der Waals surface area contributed by atoms with Gasteiger partial charge in [0.2, 0.25) is 0 Å². The van der Waals surface area contributed by atoms with Gasteiger partial charge in [-0.05, 0) is 37.5 Å². The summed E-state index contributed by atoms with van der Waals surface area (Å²) >= 11 is 0. The number of anilines is 1. The first-order valence-electron chi connectivity index (χ1n) is 7.20. The quantitative estimate of drug-likeness (QED) is 0.417. The summed E-state index contributed by atoms with van der Waals surface area (Å²) in [7, 11) is 0. The molecule has 0 saturated carbocycles. The molecule has 0 radical (unpaired) electrons. The van der Waals surface area contributed by atoms with Gasteiger partial charge in [0.05, 0.1) is 5.71 Å². The molecule has 0 unspecified atom stereocenters. The molecule has 20 heavy (non-hydrogen) atoms. The molecule has 108 valence electrons. The Hall–Kier alpha value is -2.04. The predicted octanol–water partition coefficient (Wildman–Crippen LogP) is 0.145. The molecule has 1 heterocycles. The van der Waals surface area contributed by atoms with Crippen LogP contribution in [-0.4, -0.2) is 24.8 Å². The van der Waals surface area contributed by atoms with Crippen molar-refractivity contribution in [3.8, 4) is 0 Å². The lowest BCUT2D eigenvalue weighted by Gasteiger charge is -2.22. The van der Waals surface area contributed by atoms with Crippen molar-refractivity contribution >= 4 is 17.4 Å². The monoisotopic (exact) mass is 274 g/mol. The summed E-state index contributed by atoms with van der Waals surface area (Å²) in [6.07, 6.45) is 5.28. The van der Waals surface area contributed by atoms with Gasteiger partial charge in [0.25, 0.3) is 0 Å². The third-order valence-electron chi connectivity index (χ3n) is 3.61. The van der Waals surface area contributed by atoms with E-state index >= 15 is 0 Å². The first-order chi connectivity index (χ1) is 9.66. The van der Waals surface area contributed by atoms with Crippen molar-refractivity contribution in [2.75, 3.05) is 18.0 Å². The summed E-state index contributed by atoms with van der Waals surface area (Å²) in [4.78, 5) is 2.47. The van der Waals surface area contributed by atoms with Crippen molar-refractivity contribution in [1.29, 1.82) is 0 Å². The summed E-state index contributed by atoms with van der Waals surface area (Å²) in [6, 6.07) is 8.51. The van der Waals surface area contributed by atoms with E-state index in [2.05, 4.69) is 39.4 Å². The number of nitrogens with zero attached hydrogens (tertiary/aromatic N) is 2. The zero-order valence-corrected chi connectivity index (χ0v) is 12.1. The maximum atomic E-state index is 5.32. The number of hydrogen-bond donors (Lipinski definition) is 3. The molecule has 1 fully saturated rings. The van der Waals surface area contributed by atoms with Gasteiger partial charge >= 0.3 is 5.96 Å². The lowest BCUT2D eigenvalue weighted by Crippen LogP contribution is -2.72. The molecular formula is C15H24N5+. The topological polar surface area (TPSA) is 81.6 Å². The Morgan fingerprint density at radius 2 is 1.65 bits per heavy atom. The van der Waals surface area contributed by atoms with E-state index in [1.807, 2.05) is 6.92 Å². The maximum Gasteiger partial charge on any atom is 0.362 e. The summed E-state index contributed by atoms with van der Waals surface area (Å²) in [5, 5.41) is 6.70. The van der Waals surface area contributed by atoms with Crippen molar-refractivity contribution in [3.05, 3.63) is 29.8 Å². The zero-order valence-electron chi connectivity index (χ0n) is 12.1. The largest absolute Gasteiger partial charge is 0.372 e. The van der Waals surface area contributed by atoms with Crippen LogP contribution in [0.1, 0.15) is 38.2 Å². The van der Waals surface area contributed by atoms with Crippen molar-refractivity contribution in [2.45, 2.75) is 32.6 Å². The summed E-state index contributed by atoms with van der Waals surface area (Å²) in [6.45, 7) is 4.25. The molecule has 0 aliphatic carbocycles. The van der Waals surface area contributed by atoms with Gasteiger partial charge < -0.3 is 4.90 Å². The normalized spacial score (nSPS) is 16.6. The molecule has 2 rings (SSSR count). The molecule has 5 N–H and O–H groups in total. The molecule has 1 aromatic rings. The highest BCUT2D eigenvalue weighted by molar-refractivity contribution is 5.98. The van der Waals surface area contributed by atoms with E-state index in [-0.39, 0.29) is 5.96 Å². The molecular weight excluding hydrogens is 250 g/mol. The number of hydrogen-bond acceptors (Lipinski definition) is 2. The van der Waals surface area contributed by atoms with E-state index in [1.54, 1.807) is 0 Å². The molecule has 5 heteroatoms. The Kier molecular flexibility index (Phi) is 4.98. The number of hydrazone groups is 1. The van der Waals surface area contributed by atoms with Crippen LogP contribution < -0.4 is 21.5 Å². The van der Waals surface area contributed by atoms with Crippen molar-refractivity contribution in [2.24, 2.45) is 16.6 Å². The number of nitrogens with one attached hydrogen (secondary N) is 1. The minimum absolute atomic E-state index is 0.102. The molecule has 1 aliphatic rings. The highest BCUT2D eigenvalue weighted by Crippen LogP contribution is 2.20. The first-order valence-corrected chi connectivity index (χ1v) is 7.20. The molecule has 1 aromatic carbocycles. The maximum absolute atomic E-state index is 5.32. The van der Waals surface area contributed by atoms with E-state index in [1.165, 1.54) is 31.4 Å². The number of rotatable bonds is 3. The number of benzene rings is 1. The number of guanidine groups is 1. The van der Waals surface area contributed by atoms with Gasteiger partial charge in [-0.3, -0.25) is 11.5 Å². The molecule has 0 aromatic heterocycles. The average Bonchev–Trinajstić information content (AvgIpc) is 2.74. The van der Waals surface area contributed by atoms with E-state index in [9.17, 15) is 0 Å². The number of nitrogens with two attached hydrogens (primary N) is 2. The SMILES string of the molecule is C/C(=N/[NH+]=C(N)N)c1ccc(N2CCCCCC2)cc1. The average molecular weight is 274 g/mol. The van der Waals surface area contributed by atoms with E-state index in [0.717, 1.165) is 24.4 Å². The highest BCUT2D eigenvalue weighted by Gasteiger charge is 2.09. The third kappa shape index (κ3) is 3.98. The third-order valence-corrected chi connectivity index (χ3v) is 3.61. The van der Waals surface area contributed by atoms with Crippen LogP contribution in [-0.2, 0) is 0 Å². The van der Waals surface area contributed by atoms with Gasteiger partial charge in [-0.2, -0.15) is 5.10 Å². The van der Waals surface area contributed by atoms with Crippen LogP contribution in [0.4, 0.5) is 5.69 Å². The minimum atomic E-state index is 0.102. The predicted molar refractivity (Wildman–Crippen MR) is 83.7 cm³/mol. The van der Waals surface area contributed by atoms with Gasteiger partial charge in [-0.25, -0.2) is 0 Å². The fourth-order valence-electron chi connectivity index (χ4n) is 2.46. The zero-order chi connectivity index (χ0) is 14.4. The van der Waals surface area contributed by atoms with E-state index < -0.39 is 0 Å². The van der Waals surface area contributed by atoms with Crippen LogP contribution in [0.5, 0.6) is 0 Å². The minimum Gasteiger partial charge on any atom is -0.372 e. The fraction of sp³-hybridized carbons (Fsp3) is 0.467.